The predicted molar refractivity (Wildman–Crippen MR) is 102 cm³/mol. The first-order chi connectivity index (χ1) is 12.3. The lowest BCUT2D eigenvalue weighted by atomic mass is 10.1. The molecule has 0 saturated carbocycles. The molecule has 0 unspecified atom stereocenters. The van der Waals surface area contributed by atoms with Crippen LogP contribution in [0.15, 0.2) is 36.5 Å². The smallest absolute Gasteiger partial charge is 0.261 e. The third-order valence-corrected chi connectivity index (χ3v) is 4.18. The molecule has 0 spiro atoms. The first kappa shape index (κ1) is 19.7. The first-order valence-electron chi connectivity index (χ1n) is 8.31. The number of hydrogen-bond acceptors (Lipinski definition) is 4. The quantitative estimate of drug-likeness (QED) is 0.832. The number of rotatable bonds is 6. The zero-order valence-electron chi connectivity index (χ0n) is 15.2. The maximum absolute atomic E-state index is 12.6. The standard InChI is InChI=1S/C19H22ClN3O3/c1-5-26-18-14(7-6-10-21-18)17(24)22-16-11-13(8-9-15(16)20)19(25)23(4)12(2)3/h6-12H,5H2,1-4H3,(H,22,24). The second-order valence-electron chi connectivity index (χ2n) is 5.95. The van der Waals surface area contributed by atoms with Crippen molar-refractivity contribution >= 4 is 29.1 Å². The minimum Gasteiger partial charge on any atom is -0.477 e. The molecule has 0 aliphatic carbocycles. The zero-order valence-corrected chi connectivity index (χ0v) is 16.0. The van der Waals surface area contributed by atoms with Crippen molar-refractivity contribution in [2.24, 2.45) is 0 Å². The van der Waals surface area contributed by atoms with Gasteiger partial charge < -0.3 is 15.0 Å². The van der Waals surface area contributed by atoms with E-state index in [0.29, 0.717) is 28.4 Å². The van der Waals surface area contributed by atoms with Gasteiger partial charge in [0.25, 0.3) is 11.8 Å². The number of amides is 2. The molecule has 1 aromatic heterocycles. The number of ether oxygens (including phenoxy) is 1. The predicted octanol–water partition coefficient (Wildman–Crippen LogP) is 3.87. The third kappa shape index (κ3) is 4.52. The van der Waals surface area contributed by atoms with E-state index in [1.165, 1.54) is 0 Å². The van der Waals surface area contributed by atoms with Crippen molar-refractivity contribution in [2.75, 3.05) is 19.0 Å². The van der Waals surface area contributed by atoms with Gasteiger partial charge in [-0.1, -0.05) is 11.6 Å². The molecule has 7 heteroatoms. The molecular formula is C19H22ClN3O3. The summed E-state index contributed by atoms with van der Waals surface area (Å²) in [6.07, 6.45) is 1.55. The molecule has 138 valence electrons. The number of carbonyl (C=O) groups is 2. The van der Waals surface area contributed by atoms with Crippen LogP contribution >= 0.6 is 11.6 Å². The molecule has 0 aliphatic heterocycles. The van der Waals surface area contributed by atoms with Gasteiger partial charge >= 0.3 is 0 Å². The van der Waals surface area contributed by atoms with E-state index in [2.05, 4.69) is 10.3 Å². The lowest BCUT2D eigenvalue weighted by molar-refractivity contribution is 0.0754. The van der Waals surface area contributed by atoms with Gasteiger partial charge in [0.15, 0.2) is 0 Å². The highest BCUT2D eigenvalue weighted by atomic mass is 35.5. The Morgan fingerprint density at radius 2 is 2.04 bits per heavy atom. The lowest BCUT2D eigenvalue weighted by Gasteiger charge is -2.22. The molecule has 0 fully saturated rings. The highest BCUT2D eigenvalue weighted by Gasteiger charge is 2.18. The summed E-state index contributed by atoms with van der Waals surface area (Å²) < 4.78 is 5.38. The van der Waals surface area contributed by atoms with Crippen molar-refractivity contribution in [3.63, 3.8) is 0 Å². The molecule has 0 atom stereocenters. The summed E-state index contributed by atoms with van der Waals surface area (Å²) in [6, 6.07) is 8.11. The number of benzene rings is 1. The molecule has 2 aromatic rings. The summed E-state index contributed by atoms with van der Waals surface area (Å²) in [5.41, 5.74) is 1.09. The number of aromatic nitrogens is 1. The minimum absolute atomic E-state index is 0.0559. The number of hydrogen-bond donors (Lipinski definition) is 1. The molecule has 0 aliphatic rings. The number of anilines is 1. The van der Waals surface area contributed by atoms with E-state index in [1.54, 1.807) is 48.5 Å². The Labute approximate surface area is 158 Å². The lowest BCUT2D eigenvalue weighted by Crippen LogP contribution is -2.33. The third-order valence-electron chi connectivity index (χ3n) is 3.85. The Morgan fingerprint density at radius 1 is 1.31 bits per heavy atom. The van der Waals surface area contributed by atoms with Crippen LogP contribution in [0.4, 0.5) is 5.69 Å². The fourth-order valence-corrected chi connectivity index (χ4v) is 2.36. The van der Waals surface area contributed by atoms with Crippen molar-refractivity contribution in [2.45, 2.75) is 26.8 Å². The topological polar surface area (TPSA) is 71.5 Å². The Morgan fingerprint density at radius 3 is 2.69 bits per heavy atom. The highest BCUT2D eigenvalue weighted by Crippen LogP contribution is 2.25. The van der Waals surface area contributed by atoms with Crippen LogP contribution in [0.5, 0.6) is 5.88 Å². The SMILES string of the molecule is CCOc1ncccc1C(=O)Nc1cc(C(=O)N(C)C(C)C)ccc1Cl. The van der Waals surface area contributed by atoms with E-state index in [9.17, 15) is 9.59 Å². The van der Waals surface area contributed by atoms with Gasteiger partial charge in [-0.2, -0.15) is 0 Å². The van der Waals surface area contributed by atoms with Crippen molar-refractivity contribution < 1.29 is 14.3 Å². The van der Waals surface area contributed by atoms with Crippen molar-refractivity contribution in [3.8, 4) is 5.88 Å². The second kappa shape index (κ2) is 8.67. The molecule has 0 radical (unpaired) electrons. The Balaban J connectivity index is 2.28. The van der Waals surface area contributed by atoms with E-state index < -0.39 is 5.91 Å². The number of pyridine rings is 1. The van der Waals surface area contributed by atoms with Crippen LogP contribution in [0.1, 0.15) is 41.5 Å². The summed E-state index contributed by atoms with van der Waals surface area (Å²) in [5.74, 6) is -0.316. The Kier molecular flexibility index (Phi) is 6.58. The molecule has 0 bridgehead atoms. The largest absolute Gasteiger partial charge is 0.477 e. The fourth-order valence-electron chi connectivity index (χ4n) is 2.20. The number of halogens is 1. The van der Waals surface area contributed by atoms with Crippen LogP contribution in [0.25, 0.3) is 0 Å². The van der Waals surface area contributed by atoms with E-state index in [4.69, 9.17) is 16.3 Å². The van der Waals surface area contributed by atoms with Crippen LogP contribution < -0.4 is 10.1 Å². The molecule has 2 rings (SSSR count). The Hall–Kier alpha value is -2.60. The summed E-state index contributed by atoms with van der Waals surface area (Å²) in [5, 5.41) is 3.06. The van der Waals surface area contributed by atoms with Gasteiger partial charge in [0.1, 0.15) is 5.56 Å². The normalized spacial score (nSPS) is 10.5. The second-order valence-corrected chi connectivity index (χ2v) is 6.35. The van der Waals surface area contributed by atoms with Crippen LogP contribution in [0, 0.1) is 0 Å². The van der Waals surface area contributed by atoms with Gasteiger partial charge in [-0.15, -0.1) is 0 Å². The van der Waals surface area contributed by atoms with Crippen molar-refractivity contribution in [3.05, 3.63) is 52.7 Å². The number of carbonyl (C=O) groups excluding carboxylic acids is 2. The van der Waals surface area contributed by atoms with E-state index in [-0.39, 0.29) is 17.8 Å². The van der Waals surface area contributed by atoms with Gasteiger partial charge in [0.05, 0.1) is 17.3 Å². The Bertz CT molecular complexity index is 808. The molecule has 1 heterocycles. The monoisotopic (exact) mass is 375 g/mol. The molecule has 26 heavy (non-hydrogen) atoms. The van der Waals surface area contributed by atoms with Crippen LogP contribution in [0.3, 0.4) is 0 Å². The summed E-state index contributed by atoms with van der Waals surface area (Å²) >= 11 is 6.19. The molecule has 2 amide bonds. The first-order valence-corrected chi connectivity index (χ1v) is 8.68. The maximum atomic E-state index is 12.6. The minimum atomic E-state index is -0.412. The van der Waals surface area contributed by atoms with Gasteiger partial charge in [0, 0.05) is 24.8 Å². The van der Waals surface area contributed by atoms with Gasteiger partial charge in [0.2, 0.25) is 5.88 Å². The van der Waals surface area contributed by atoms with Gasteiger partial charge in [-0.25, -0.2) is 4.98 Å². The summed E-state index contributed by atoms with van der Waals surface area (Å²) in [7, 11) is 1.73. The van der Waals surface area contributed by atoms with Crippen LogP contribution in [-0.4, -0.2) is 41.4 Å². The highest BCUT2D eigenvalue weighted by molar-refractivity contribution is 6.34. The van der Waals surface area contributed by atoms with E-state index in [1.807, 2.05) is 20.8 Å². The average molecular weight is 376 g/mol. The van der Waals surface area contributed by atoms with Crippen molar-refractivity contribution in [1.29, 1.82) is 0 Å². The zero-order chi connectivity index (χ0) is 19.3. The van der Waals surface area contributed by atoms with E-state index in [0.717, 1.165) is 0 Å². The molecule has 6 nitrogen and oxygen atoms in total. The van der Waals surface area contributed by atoms with Crippen molar-refractivity contribution in [1.82, 2.24) is 9.88 Å². The molecule has 1 aromatic carbocycles. The average Bonchev–Trinajstić information content (AvgIpc) is 2.62. The molecular weight excluding hydrogens is 354 g/mol. The number of nitrogens with zero attached hydrogens (tertiary/aromatic N) is 2. The maximum Gasteiger partial charge on any atom is 0.261 e. The number of nitrogens with one attached hydrogen (secondary N) is 1. The van der Waals surface area contributed by atoms with Gasteiger partial charge in [-0.3, -0.25) is 9.59 Å². The molecule has 1 N–H and O–H groups in total. The van der Waals surface area contributed by atoms with Gasteiger partial charge in [-0.05, 0) is 51.1 Å². The van der Waals surface area contributed by atoms with Crippen LogP contribution in [-0.2, 0) is 0 Å². The van der Waals surface area contributed by atoms with Crippen LogP contribution in [0.2, 0.25) is 5.02 Å². The summed E-state index contributed by atoms with van der Waals surface area (Å²) in [4.78, 5) is 30.8. The fraction of sp³-hybridized carbons (Fsp3) is 0.316. The molecule has 0 saturated heterocycles. The van der Waals surface area contributed by atoms with E-state index >= 15 is 0 Å². The summed E-state index contributed by atoms with van der Waals surface area (Å²) in [6.45, 7) is 6.06.